The lowest BCUT2D eigenvalue weighted by atomic mass is 9.84. The molecule has 31 heavy (non-hydrogen) atoms. The van der Waals surface area contributed by atoms with Crippen molar-refractivity contribution in [3.05, 3.63) is 46.5 Å². The summed E-state index contributed by atoms with van der Waals surface area (Å²) in [5.41, 5.74) is 7.62. The molecule has 1 aromatic rings. The summed E-state index contributed by atoms with van der Waals surface area (Å²) < 4.78 is 0. The molecule has 0 saturated heterocycles. The van der Waals surface area contributed by atoms with Crippen molar-refractivity contribution in [2.24, 2.45) is 11.3 Å². The first-order valence-electron chi connectivity index (χ1n) is 13.2. The lowest BCUT2D eigenvalue weighted by molar-refractivity contribution is 0.431. The van der Waals surface area contributed by atoms with Crippen LogP contribution in [0.1, 0.15) is 138 Å². The highest BCUT2D eigenvalue weighted by Gasteiger charge is 2.14. The number of aryl methyl sites for hydroxylation is 4. The van der Waals surface area contributed by atoms with Gasteiger partial charge in [0.05, 0.1) is 0 Å². The number of rotatable bonds is 7. The van der Waals surface area contributed by atoms with Gasteiger partial charge in [-0.3, -0.25) is 0 Å². The van der Waals surface area contributed by atoms with Crippen molar-refractivity contribution in [2.75, 3.05) is 0 Å². The maximum absolute atomic E-state index is 3.90. The van der Waals surface area contributed by atoms with E-state index >= 15 is 0 Å². The Hall–Kier alpha value is -1.04. The highest BCUT2D eigenvalue weighted by molar-refractivity contribution is 5.37. The third-order valence-electron chi connectivity index (χ3n) is 5.82. The summed E-state index contributed by atoms with van der Waals surface area (Å²) in [4.78, 5) is 0. The molecule has 0 bridgehead atoms. The highest BCUT2D eigenvalue weighted by Crippen LogP contribution is 2.27. The minimum atomic E-state index is 0.347. The first-order valence-corrected chi connectivity index (χ1v) is 13.2. The van der Waals surface area contributed by atoms with Crippen LogP contribution in [-0.2, 0) is 12.8 Å². The fourth-order valence-electron chi connectivity index (χ4n) is 2.51. The molecule has 1 unspecified atom stereocenters. The molecule has 0 radical (unpaired) electrons. The molecule has 0 aromatic heterocycles. The molecule has 1 rings (SSSR count). The Labute approximate surface area is 200 Å². The Morgan fingerprint density at radius 2 is 1.29 bits per heavy atom. The van der Waals surface area contributed by atoms with Gasteiger partial charge in [-0.25, -0.2) is 0 Å². The van der Waals surface area contributed by atoms with Gasteiger partial charge in [0.25, 0.3) is 0 Å². The van der Waals surface area contributed by atoms with Crippen molar-refractivity contribution in [1.82, 2.24) is 0 Å². The summed E-state index contributed by atoms with van der Waals surface area (Å²) in [7, 11) is 0. The molecular weight excluding hydrogens is 372 g/mol. The standard InChI is InChI=1S/C16H26.C8H16.C3H8.2C2H6/c1-6-12(3)8-9-16-11-15(7-2)13(4)10-14(16)5;1-6-8(4,5)7(2)3;1-3-2;2*1-2/h10-12H,6-9H2,1-5H3;2,6H2,1,3-5H3;3H2,1-2H3;2*1-2H3. The molecule has 1 aromatic carbocycles. The molecular formula is C31H62. The van der Waals surface area contributed by atoms with E-state index in [1.807, 2.05) is 27.7 Å². The molecule has 0 heterocycles. The Balaban J connectivity index is -0.000000204. The minimum Gasteiger partial charge on any atom is -0.0996 e. The van der Waals surface area contributed by atoms with E-state index in [1.165, 1.54) is 54.4 Å². The Kier molecular flexibility index (Phi) is 28.4. The van der Waals surface area contributed by atoms with Gasteiger partial charge in [-0.2, -0.15) is 0 Å². The normalized spacial score (nSPS) is 10.5. The van der Waals surface area contributed by atoms with Crippen molar-refractivity contribution in [1.29, 1.82) is 0 Å². The molecule has 0 fully saturated rings. The Morgan fingerprint density at radius 1 is 0.871 bits per heavy atom. The molecule has 0 amide bonds. The van der Waals surface area contributed by atoms with Crippen LogP contribution in [0.2, 0.25) is 0 Å². The van der Waals surface area contributed by atoms with Gasteiger partial charge >= 0.3 is 0 Å². The highest BCUT2D eigenvalue weighted by atomic mass is 14.2. The van der Waals surface area contributed by atoms with Crippen LogP contribution in [0.25, 0.3) is 0 Å². The maximum atomic E-state index is 3.90. The van der Waals surface area contributed by atoms with Crippen LogP contribution in [0.3, 0.4) is 0 Å². The van der Waals surface area contributed by atoms with Gasteiger partial charge in [0.1, 0.15) is 0 Å². The molecule has 0 heteroatoms. The second-order valence-corrected chi connectivity index (χ2v) is 8.84. The summed E-state index contributed by atoms with van der Waals surface area (Å²) in [6.45, 7) is 36.2. The number of allylic oxidation sites excluding steroid dienone is 1. The second kappa shape index (κ2) is 23.6. The van der Waals surface area contributed by atoms with E-state index in [4.69, 9.17) is 0 Å². The zero-order chi connectivity index (χ0) is 25.6. The van der Waals surface area contributed by atoms with Crippen molar-refractivity contribution in [3.8, 4) is 0 Å². The zero-order valence-electron chi connectivity index (χ0n) is 24.7. The van der Waals surface area contributed by atoms with Crippen molar-refractivity contribution >= 4 is 0 Å². The monoisotopic (exact) mass is 434 g/mol. The van der Waals surface area contributed by atoms with Crippen molar-refractivity contribution < 1.29 is 0 Å². The Morgan fingerprint density at radius 3 is 1.58 bits per heavy atom. The third-order valence-corrected chi connectivity index (χ3v) is 5.82. The van der Waals surface area contributed by atoms with Crippen molar-refractivity contribution in [2.45, 2.75) is 142 Å². The summed E-state index contributed by atoms with van der Waals surface area (Å²) in [6.07, 6.45) is 7.45. The Bertz CT molecular complexity index is 519. The first kappa shape index (κ1) is 37.3. The van der Waals surface area contributed by atoms with E-state index < -0.39 is 0 Å². The summed E-state index contributed by atoms with van der Waals surface area (Å²) in [5, 5.41) is 0. The van der Waals surface area contributed by atoms with Crippen LogP contribution in [0.15, 0.2) is 24.3 Å². The van der Waals surface area contributed by atoms with Gasteiger partial charge in [-0.05, 0) is 80.0 Å². The van der Waals surface area contributed by atoms with Gasteiger partial charge < -0.3 is 0 Å². The summed E-state index contributed by atoms with van der Waals surface area (Å²) in [6, 6.07) is 4.78. The first-order chi connectivity index (χ1) is 14.5. The van der Waals surface area contributed by atoms with Gasteiger partial charge in [-0.15, -0.1) is 0 Å². The molecule has 1 atom stereocenters. The fraction of sp³-hybridized carbons (Fsp3) is 0.742. The van der Waals surface area contributed by atoms with Gasteiger partial charge in [0.15, 0.2) is 0 Å². The van der Waals surface area contributed by atoms with E-state index in [2.05, 4.69) is 94.9 Å². The van der Waals surface area contributed by atoms with Crippen LogP contribution in [0, 0.1) is 25.2 Å². The summed E-state index contributed by atoms with van der Waals surface area (Å²) in [5.74, 6) is 0.853. The number of benzene rings is 1. The number of hydrogen-bond donors (Lipinski definition) is 0. The molecule has 0 spiro atoms. The van der Waals surface area contributed by atoms with Gasteiger partial charge in [0, 0.05) is 0 Å². The lowest BCUT2D eigenvalue weighted by Gasteiger charge is -2.22. The fourth-order valence-corrected chi connectivity index (χ4v) is 2.51. The van der Waals surface area contributed by atoms with Crippen LogP contribution in [0.4, 0.5) is 0 Å². The maximum Gasteiger partial charge on any atom is -0.0153 e. The van der Waals surface area contributed by atoms with Crippen LogP contribution in [-0.4, -0.2) is 0 Å². The van der Waals surface area contributed by atoms with E-state index in [1.54, 1.807) is 5.56 Å². The van der Waals surface area contributed by atoms with Crippen LogP contribution >= 0.6 is 0 Å². The smallest absolute Gasteiger partial charge is 0.0153 e. The topological polar surface area (TPSA) is 0 Å². The minimum absolute atomic E-state index is 0.347. The molecule has 0 nitrogen and oxygen atoms in total. The van der Waals surface area contributed by atoms with Gasteiger partial charge in [-0.1, -0.05) is 120 Å². The van der Waals surface area contributed by atoms with Crippen LogP contribution < -0.4 is 0 Å². The molecule has 0 aliphatic heterocycles. The zero-order valence-corrected chi connectivity index (χ0v) is 24.7. The lowest BCUT2D eigenvalue weighted by Crippen LogP contribution is -2.09. The average Bonchev–Trinajstić information content (AvgIpc) is 2.76. The van der Waals surface area contributed by atoms with E-state index in [0.29, 0.717) is 5.41 Å². The van der Waals surface area contributed by atoms with E-state index in [-0.39, 0.29) is 0 Å². The van der Waals surface area contributed by atoms with E-state index in [0.717, 1.165) is 12.3 Å². The second-order valence-electron chi connectivity index (χ2n) is 8.84. The van der Waals surface area contributed by atoms with Crippen LogP contribution in [0.5, 0.6) is 0 Å². The van der Waals surface area contributed by atoms with Gasteiger partial charge in [0.2, 0.25) is 0 Å². The largest absolute Gasteiger partial charge is 0.0996 e. The predicted molar refractivity (Wildman–Crippen MR) is 151 cm³/mol. The molecule has 186 valence electrons. The third kappa shape index (κ3) is 19.4. The predicted octanol–water partition coefficient (Wildman–Crippen LogP) is 11.3. The molecule has 0 aliphatic rings. The quantitative estimate of drug-likeness (QED) is 0.374. The van der Waals surface area contributed by atoms with E-state index in [9.17, 15) is 0 Å². The molecule has 0 N–H and O–H groups in total. The molecule has 0 saturated carbocycles. The summed E-state index contributed by atoms with van der Waals surface area (Å²) >= 11 is 0. The molecule has 0 aliphatic carbocycles. The average molecular weight is 435 g/mol. The number of hydrogen-bond acceptors (Lipinski definition) is 0. The van der Waals surface area contributed by atoms with Crippen molar-refractivity contribution in [3.63, 3.8) is 0 Å². The SMILES string of the molecule is C=C(C)C(C)(C)CC.CC.CC.CCC.CCc1cc(CCC(C)CC)c(C)cc1C.